The monoisotopic (exact) mass is 457 g/mol. The van der Waals surface area contributed by atoms with E-state index in [1.807, 2.05) is 6.07 Å². The summed E-state index contributed by atoms with van der Waals surface area (Å²) in [5.41, 5.74) is 8.60. The Morgan fingerprint density at radius 1 is 1.27 bits per heavy atom. The molecule has 8 nitrogen and oxygen atoms in total. The van der Waals surface area contributed by atoms with Gasteiger partial charge < -0.3 is 19.3 Å². The fraction of sp³-hybridized carbons (Fsp3) is 0.391. The molecule has 10 heteroatoms. The number of aliphatic hydroxyl groups is 1. The lowest BCUT2D eigenvalue weighted by atomic mass is 9.77. The Kier molecular flexibility index (Phi) is 5.31. The molecule has 2 fully saturated rings. The molecule has 2 aromatic carbocycles. The van der Waals surface area contributed by atoms with Gasteiger partial charge in [-0.25, -0.2) is 19.2 Å². The van der Waals surface area contributed by atoms with Crippen molar-refractivity contribution in [1.29, 1.82) is 0 Å². The van der Waals surface area contributed by atoms with Crippen LogP contribution in [0.1, 0.15) is 30.1 Å². The number of nitrogens with zero attached hydrogens (tertiary/aromatic N) is 3. The maximum absolute atomic E-state index is 14.5. The van der Waals surface area contributed by atoms with Crippen LogP contribution in [0.4, 0.5) is 8.78 Å². The van der Waals surface area contributed by atoms with Crippen molar-refractivity contribution in [2.24, 2.45) is 13.0 Å². The standard InChI is InChI=1S/C23H25F2N5O3/c1-11(31)13-7-14(16-9-29(2)23(32)19-15(16)8-27-28-19)22(20-21(13)30(3)10-26-20)33-18-5-4-12(24)6-17(18)25/h4-7,10-11,15-16,19,27-28,31H,8-9H2,1-3H3. The molecule has 1 aromatic heterocycles. The van der Waals surface area contributed by atoms with Gasteiger partial charge >= 0.3 is 0 Å². The summed E-state index contributed by atoms with van der Waals surface area (Å²) in [4.78, 5) is 18.8. The lowest BCUT2D eigenvalue weighted by Gasteiger charge is -2.38. The first kappa shape index (κ1) is 21.7. The molecular formula is C23H25F2N5O3. The predicted molar refractivity (Wildman–Crippen MR) is 117 cm³/mol. The highest BCUT2D eigenvalue weighted by atomic mass is 19.1. The van der Waals surface area contributed by atoms with Crippen molar-refractivity contribution in [3.63, 3.8) is 0 Å². The summed E-state index contributed by atoms with van der Waals surface area (Å²) in [5, 5.41) is 10.6. The van der Waals surface area contributed by atoms with Crippen molar-refractivity contribution in [2.75, 3.05) is 20.1 Å². The van der Waals surface area contributed by atoms with E-state index in [1.165, 1.54) is 6.07 Å². The zero-order chi connectivity index (χ0) is 23.4. The number of piperidine rings is 1. The van der Waals surface area contributed by atoms with Gasteiger partial charge in [0.05, 0.1) is 17.9 Å². The van der Waals surface area contributed by atoms with Gasteiger partial charge in [-0.05, 0) is 25.1 Å². The van der Waals surface area contributed by atoms with E-state index in [9.17, 15) is 18.7 Å². The number of aryl methyl sites for hydroxylation is 1. The summed E-state index contributed by atoms with van der Waals surface area (Å²) in [6, 6.07) is 4.58. The number of amides is 1. The molecule has 5 rings (SSSR count). The highest BCUT2D eigenvalue weighted by Crippen LogP contribution is 2.45. The van der Waals surface area contributed by atoms with Crippen molar-refractivity contribution >= 4 is 16.9 Å². The van der Waals surface area contributed by atoms with Crippen molar-refractivity contribution in [3.05, 3.63) is 53.4 Å². The van der Waals surface area contributed by atoms with Gasteiger partial charge in [-0.15, -0.1) is 0 Å². The second-order valence-corrected chi connectivity index (χ2v) is 8.78. The van der Waals surface area contributed by atoms with E-state index < -0.39 is 23.8 Å². The number of benzene rings is 2. The normalized spacial score (nSPS) is 23.8. The van der Waals surface area contributed by atoms with Crippen LogP contribution in [0.25, 0.3) is 11.0 Å². The molecule has 1 amide bonds. The number of hydrazine groups is 1. The number of hydrogen-bond donors (Lipinski definition) is 3. The van der Waals surface area contributed by atoms with E-state index in [2.05, 4.69) is 15.8 Å². The van der Waals surface area contributed by atoms with E-state index in [0.717, 1.165) is 12.1 Å². The molecule has 33 heavy (non-hydrogen) atoms. The van der Waals surface area contributed by atoms with Crippen LogP contribution in [0.5, 0.6) is 11.5 Å². The molecule has 4 atom stereocenters. The summed E-state index contributed by atoms with van der Waals surface area (Å²) < 4.78 is 35.9. The number of likely N-dealkylation sites (N-methyl/N-ethyl adjacent to an activating group) is 1. The predicted octanol–water partition coefficient (Wildman–Crippen LogP) is 2.35. The lowest BCUT2D eigenvalue weighted by Crippen LogP contribution is -2.53. The van der Waals surface area contributed by atoms with Gasteiger partial charge in [0.15, 0.2) is 17.3 Å². The number of fused-ring (bicyclic) bond motifs is 2. The Bertz CT molecular complexity index is 1240. The fourth-order valence-corrected chi connectivity index (χ4v) is 4.96. The molecule has 3 N–H and O–H groups in total. The Balaban J connectivity index is 1.73. The molecule has 2 aliphatic rings. The molecule has 2 saturated heterocycles. The lowest BCUT2D eigenvalue weighted by molar-refractivity contribution is -0.136. The fourth-order valence-electron chi connectivity index (χ4n) is 4.96. The number of ether oxygens (including phenoxy) is 1. The number of rotatable bonds is 4. The van der Waals surface area contributed by atoms with Crippen LogP contribution < -0.4 is 15.6 Å². The summed E-state index contributed by atoms with van der Waals surface area (Å²) in [6.07, 6.45) is 0.809. The average molecular weight is 457 g/mol. The number of aromatic nitrogens is 2. The van der Waals surface area contributed by atoms with Crippen molar-refractivity contribution in [3.8, 4) is 11.5 Å². The maximum Gasteiger partial charge on any atom is 0.241 e. The Morgan fingerprint density at radius 2 is 2.06 bits per heavy atom. The first-order chi connectivity index (χ1) is 15.8. The van der Waals surface area contributed by atoms with Gasteiger partial charge in [-0.2, -0.15) is 0 Å². The first-order valence-corrected chi connectivity index (χ1v) is 10.8. The van der Waals surface area contributed by atoms with Gasteiger partial charge in [0.25, 0.3) is 0 Å². The van der Waals surface area contributed by atoms with E-state index in [4.69, 9.17) is 4.74 Å². The molecule has 0 spiro atoms. The minimum atomic E-state index is -0.831. The van der Waals surface area contributed by atoms with Gasteiger partial charge in [-0.1, -0.05) is 0 Å². The molecular weight excluding hydrogens is 432 g/mol. The van der Waals surface area contributed by atoms with E-state index in [0.29, 0.717) is 41.0 Å². The van der Waals surface area contributed by atoms with Gasteiger partial charge in [-0.3, -0.25) is 10.2 Å². The molecule has 0 saturated carbocycles. The highest BCUT2D eigenvalue weighted by Gasteiger charge is 2.46. The zero-order valence-corrected chi connectivity index (χ0v) is 18.5. The molecule has 174 valence electrons. The maximum atomic E-state index is 14.5. The summed E-state index contributed by atoms with van der Waals surface area (Å²) in [7, 11) is 3.54. The minimum absolute atomic E-state index is 0.0111. The minimum Gasteiger partial charge on any atom is -0.452 e. The van der Waals surface area contributed by atoms with Crippen LogP contribution in [-0.4, -0.2) is 51.6 Å². The van der Waals surface area contributed by atoms with Crippen LogP contribution in [0, 0.1) is 17.6 Å². The van der Waals surface area contributed by atoms with Gasteiger partial charge in [0.1, 0.15) is 17.4 Å². The second kappa shape index (κ2) is 8.05. The quantitative estimate of drug-likeness (QED) is 0.557. The van der Waals surface area contributed by atoms with Crippen LogP contribution in [0.15, 0.2) is 30.6 Å². The topological polar surface area (TPSA) is 91.7 Å². The zero-order valence-electron chi connectivity index (χ0n) is 18.5. The third kappa shape index (κ3) is 3.54. The smallest absolute Gasteiger partial charge is 0.241 e. The number of imidazole rings is 1. The van der Waals surface area contributed by atoms with E-state index in [-0.39, 0.29) is 23.5 Å². The van der Waals surface area contributed by atoms with Gasteiger partial charge in [0.2, 0.25) is 5.91 Å². The molecule has 3 aromatic rings. The number of hydrogen-bond acceptors (Lipinski definition) is 6. The highest BCUT2D eigenvalue weighted by molar-refractivity contribution is 5.88. The van der Waals surface area contributed by atoms with Crippen molar-refractivity contribution in [2.45, 2.75) is 25.0 Å². The largest absolute Gasteiger partial charge is 0.452 e. The molecule has 3 heterocycles. The number of halogens is 2. The second-order valence-electron chi connectivity index (χ2n) is 8.78. The Morgan fingerprint density at radius 3 is 2.79 bits per heavy atom. The Labute approximate surface area is 189 Å². The molecule has 0 radical (unpaired) electrons. The number of carbonyl (C=O) groups is 1. The number of aliphatic hydroxyl groups excluding tert-OH is 1. The number of carbonyl (C=O) groups excluding carboxylic acids is 1. The number of likely N-dealkylation sites (tertiary alicyclic amines) is 1. The summed E-state index contributed by atoms with van der Waals surface area (Å²) in [6.45, 7) is 2.65. The van der Waals surface area contributed by atoms with Crippen molar-refractivity contribution < 1.29 is 23.4 Å². The van der Waals surface area contributed by atoms with E-state index >= 15 is 0 Å². The van der Waals surface area contributed by atoms with E-state index in [1.54, 1.807) is 36.8 Å². The number of nitrogens with one attached hydrogen (secondary N) is 2. The third-order valence-corrected chi connectivity index (χ3v) is 6.61. The van der Waals surface area contributed by atoms with Crippen LogP contribution in [0.3, 0.4) is 0 Å². The van der Waals surface area contributed by atoms with Crippen molar-refractivity contribution in [1.82, 2.24) is 25.3 Å². The van der Waals surface area contributed by atoms with Crippen LogP contribution >= 0.6 is 0 Å². The molecule has 2 aliphatic heterocycles. The average Bonchev–Trinajstić information content (AvgIpc) is 3.40. The van der Waals surface area contributed by atoms with Gasteiger partial charge in [0, 0.05) is 56.2 Å². The Hall–Kier alpha value is -3.08. The summed E-state index contributed by atoms with van der Waals surface area (Å²) >= 11 is 0. The van der Waals surface area contributed by atoms with Crippen LogP contribution in [-0.2, 0) is 11.8 Å². The van der Waals surface area contributed by atoms with Crippen LogP contribution in [0.2, 0.25) is 0 Å². The SMILES string of the molecule is CC(O)c1cc(C2CN(C)C(=O)C3NNCC32)c(Oc2ccc(F)cc2F)c2ncn(C)c12. The first-order valence-electron chi connectivity index (χ1n) is 10.8. The molecule has 4 unspecified atom stereocenters. The molecule has 0 aliphatic carbocycles. The summed E-state index contributed by atoms with van der Waals surface area (Å²) in [5.74, 6) is -1.61. The molecule has 0 bridgehead atoms. The third-order valence-electron chi connectivity index (χ3n) is 6.61.